The van der Waals surface area contributed by atoms with E-state index in [1.165, 1.54) is 0 Å². The van der Waals surface area contributed by atoms with Gasteiger partial charge in [0.15, 0.2) is 0 Å². The fourth-order valence-electron chi connectivity index (χ4n) is 2.18. The van der Waals surface area contributed by atoms with Gasteiger partial charge in [-0.15, -0.1) is 0 Å². The molecule has 0 saturated heterocycles. The monoisotopic (exact) mass is 322 g/mol. The van der Waals surface area contributed by atoms with Crippen LogP contribution in [0.5, 0.6) is 0 Å². The van der Waals surface area contributed by atoms with Crippen molar-refractivity contribution >= 4 is 5.91 Å². The molecular formula is C20H22N2O2. The number of hydrogen-bond acceptors (Lipinski definition) is 3. The van der Waals surface area contributed by atoms with Crippen LogP contribution in [0.1, 0.15) is 40.9 Å². The van der Waals surface area contributed by atoms with Gasteiger partial charge in [-0.2, -0.15) is 0 Å². The fourth-order valence-corrected chi connectivity index (χ4v) is 2.18. The van der Waals surface area contributed by atoms with E-state index in [1.807, 2.05) is 19.1 Å². The fraction of sp³-hybridized carbons (Fsp3) is 0.300. The highest BCUT2D eigenvalue weighted by Crippen LogP contribution is 2.12. The molecule has 2 aromatic rings. The van der Waals surface area contributed by atoms with Crippen molar-refractivity contribution in [3.05, 3.63) is 65.0 Å². The minimum atomic E-state index is -1.06. The molecule has 0 radical (unpaired) electrons. The number of aromatic nitrogens is 1. The van der Waals surface area contributed by atoms with E-state index in [9.17, 15) is 9.90 Å². The maximum absolute atomic E-state index is 12.6. The van der Waals surface area contributed by atoms with Crippen LogP contribution in [-0.2, 0) is 6.54 Å². The summed E-state index contributed by atoms with van der Waals surface area (Å²) in [4.78, 5) is 18.4. The van der Waals surface area contributed by atoms with Gasteiger partial charge in [-0.3, -0.25) is 9.78 Å². The smallest absolute Gasteiger partial charge is 0.253 e. The molecule has 0 aliphatic rings. The van der Waals surface area contributed by atoms with Gasteiger partial charge in [0.25, 0.3) is 5.91 Å². The Hall–Kier alpha value is -2.64. The zero-order valence-corrected chi connectivity index (χ0v) is 14.5. The van der Waals surface area contributed by atoms with Crippen LogP contribution in [0, 0.1) is 18.8 Å². The van der Waals surface area contributed by atoms with E-state index in [0.29, 0.717) is 17.7 Å². The third-order valence-electron chi connectivity index (χ3n) is 3.51. The van der Waals surface area contributed by atoms with Crippen molar-refractivity contribution < 1.29 is 9.90 Å². The number of rotatable bonds is 3. The minimum Gasteiger partial charge on any atom is -0.378 e. The molecule has 0 saturated carbocycles. The summed E-state index contributed by atoms with van der Waals surface area (Å²) in [5, 5.41) is 9.68. The first-order valence-electron chi connectivity index (χ1n) is 7.77. The molecule has 0 atom stereocenters. The van der Waals surface area contributed by atoms with Gasteiger partial charge in [-0.05, 0) is 56.2 Å². The Bertz CT molecular complexity index is 795. The number of carbonyl (C=O) groups excluding carboxylic acids is 1. The van der Waals surface area contributed by atoms with E-state index < -0.39 is 5.60 Å². The number of amides is 1. The molecule has 2 rings (SSSR count). The summed E-state index contributed by atoms with van der Waals surface area (Å²) >= 11 is 0. The van der Waals surface area contributed by atoms with Gasteiger partial charge < -0.3 is 10.0 Å². The van der Waals surface area contributed by atoms with Crippen LogP contribution in [0.15, 0.2) is 42.7 Å². The average Bonchev–Trinajstić information content (AvgIpc) is 2.54. The molecule has 1 aromatic heterocycles. The number of benzene rings is 1. The summed E-state index contributed by atoms with van der Waals surface area (Å²) in [5.41, 5.74) is 2.35. The van der Waals surface area contributed by atoms with Gasteiger partial charge in [-0.25, -0.2) is 0 Å². The highest BCUT2D eigenvalue weighted by molar-refractivity contribution is 5.94. The van der Waals surface area contributed by atoms with Gasteiger partial charge in [0.2, 0.25) is 0 Å². The second-order valence-corrected chi connectivity index (χ2v) is 6.35. The first-order valence-corrected chi connectivity index (χ1v) is 7.77. The molecule has 0 fully saturated rings. The molecule has 1 aromatic carbocycles. The molecule has 0 aliphatic heterocycles. The van der Waals surface area contributed by atoms with Crippen LogP contribution in [0.2, 0.25) is 0 Å². The number of carbonyl (C=O) groups is 1. The van der Waals surface area contributed by atoms with E-state index in [0.717, 1.165) is 11.1 Å². The van der Waals surface area contributed by atoms with Gasteiger partial charge in [0.05, 0.1) is 0 Å². The molecule has 1 N–H and O–H groups in total. The Morgan fingerprint density at radius 2 is 2.08 bits per heavy atom. The molecule has 0 unspecified atom stereocenters. The predicted octanol–water partition coefficient (Wildman–Crippen LogP) is 2.78. The van der Waals surface area contributed by atoms with Crippen molar-refractivity contribution in [2.75, 3.05) is 7.05 Å². The molecule has 0 aliphatic carbocycles. The number of aliphatic hydroxyl groups is 1. The van der Waals surface area contributed by atoms with Crippen LogP contribution >= 0.6 is 0 Å². The van der Waals surface area contributed by atoms with Gasteiger partial charge >= 0.3 is 0 Å². The van der Waals surface area contributed by atoms with Crippen molar-refractivity contribution in [1.82, 2.24) is 9.88 Å². The molecule has 1 amide bonds. The van der Waals surface area contributed by atoms with Gasteiger partial charge in [-0.1, -0.05) is 17.9 Å². The molecule has 0 bridgehead atoms. The van der Waals surface area contributed by atoms with Crippen LogP contribution in [0.25, 0.3) is 0 Å². The lowest BCUT2D eigenvalue weighted by Crippen LogP contribution is -2.26. The first-order chi connectivity index (χ1) is 11.3. The lowest BCUT2D eigenvalue weighted by Gasteiger charge is -2.18. The van der Waals surface area contributed by atoms with Crippen molar-refractivity contribution in [3.8, 4) is 11.8 Å². The standard InChI is InChI=1S/C20H22N2O2/c1-15-13-21-11-9-18(15)14-22(4)19(23)17-7-5-6-16(12-17)8-10-20(2,3)24/h5-7,9,11-13,24H,14H2,1-4H3. The molecule has 4 nitrogen and oxygen atoms in total. The van der Waals surface area contributed by atoms with E-state index in [1.54, 1.807) is 56.4 Å². The largest absolute Gasteiger partial charge is 0.378 e. The summed E-state index contributed by atoms with van der Waals surface area (Å²) in [5.74, 6) is 5.58. The van der Waals surface area contributed by atoms with Gasteiger partial charge in [0.1, 0.15) is 5.60 Å². The molecule has 1 heterocycles. The third kappa shape index (κ3) is 4.94. The number of nitrogens with zero attached hydrogens (tertiary/aromatic N) is 2. The molecular weight excluding hydrogens is 300 g/mol. The topological polar surface area (TPSA) is 53.4 Å². The number of pyridine rings is 1. The van der Waals surface area contributed by atoms with Crippen LogP contribution in [-0.4, -0.2) is 33.5 Å². The zero-order valence-electron chi connectivity index (χ0n) is 14.5. The molecule has 24 heavy (non-hydrogen) atoms. The van der Waals surface area contributed by atoms with Crippen molar-refractivity contribution in [3.63, 3.8) is 0 Å². The Morgan fingerprint density at radius 3 is 2.75 bits per heavy atom. The minimum absolute atomic E-state index is 0.0712. The van der Waals surface area contributed by atoms with Crippen molar-refractivity contribution in [1.29, 1.82) is 0 Å². The van der Waals surface area contributed by atoms with E-state index in [-0.39, 0.29) is 5.91 Å². The van der Waals surface area contributed by atoms with Crippen LogP contribution in [0.4, 0.5) is 0 Å². The lowest BCUT2D eigenvalue weighted by molar-refractivity contribution is 0.0785. The summed E-state index contributed by atoms with van der Waals surface area (Å²) in [7, 11) is 1.78. The second kappa shape index (κ2) is 7.29. The predicted molar refractivity (Wildman–Crippen MR) is 94.4 cm³/mol. The summed E-state index contributed by atoms with van der Waals surface area (Å²) < 4.78 is 0. The Labute approximate surface area is 143 Å². The highest BCUT2D eigenvalue weighted by Gasteiger charge is 2.13. The van der Waals surface area contributed by atoms with E-state index in [4.69, 9.17) is 0 Å². The van der Waals surface area contributed by atoms with Crippen molar-refractivity contribution in [2.24, 2.45) is 0 Å². The van der Waals surface area contributed by atoms with E-state index >= 15 is 0 Å². The summed E-state index contributed by atoms with van der Waals surface area (Å²) in [6, 6.07) is 9.06. The van der Waals surface area contributed by atoms with Crippen LogP contribution < -0.4 is 0 Å². The maximum atomic E-state index is 12.6. The maximum Gasteiger partial charge on any atom is 0.253 e. The average molecular weight is 322 g/mol. The van der Waals surface area contributed by atoms with E-state index in [2.05, 4.69) is 16.8 Å². The first kappa shape index (κ1) is 17.7. The normalized spacial score (nSPS) is 10.7. The highest BCUT2D eigenvalue weighted by atomic mass is 16.3. The second-order valence-electron chi connectivity index (χ2n) is 6.35. The lowest BCUT2D eigenvalue weighted by atomic mass is 10.1. The Kier molecular flexibility index (Phi) is 5.38. The Balaban J connectivity index is 2.17. The quantitative estimate of drug-likeness (QED) is 0.884. The SMILES string of the molecule is Cc1cnccc1CN(C)C(=O)c1cccc(C#CC(C)(C)O)c1. The summed E-state index contributed by atoms with van der Waals surface area (Å²) in [6.07, 6.45) is 3.52. The third-order valence-corrected chi connectivity index (χ3v) is 3.51. The van der Waals surface area contributed by atoms with Crippen molar-refractivity contribution in [2.45, 2.75) is 32.9 Å². The Morgan fingerprint density at radius 1 is 1.33 bits per heavy atom. The zero-order chi connectivity index (χ0) is 17.7. The van der Waals surface area contributed by atoms with Gasteiger partial charge in [0, 0.05) is 37.1 Å². The molecule has 4 heteroatoms. The summed E-state index contributed by atoms with van der Waals surface area (Å²) in [6.45, 7) is 5.75. The molecule has 0 spiro atoms. The number of aryl methyl sites for hydroxylation is 1. The van der Waals surface area contributed by atoms with Crippen LogP contribution in [0.3, 0.4) is 0 Å². The number of hydrogen-bond donors (Lipinski definition) is 1. The molecule has 124 valence electrons.